The molecule has 0 aliphatic heterocycles. The molecule has 8 nitrogen and oxygen atoms in total. The summed E-state index contributed by atoms with van der Waals surface area (Å²) in [5.74, 6) is 1.14. The monoisotopic (exact) mass is 786 g/mol. The Balaban J connectivity index is 0.000000290. The summed E-state index contributed by atoms with van der Waals surface area (Å²) in [5.41, 5.74) is 3.73. The first-order valence-corrected chi connectivity index (χ1v) is 17.6. The molecule has 0 fully saturated rings. The second kappa shape index (κ2) is 18.2. The minimum Gasteiger partial charge on any atom is -0.391 e. The summed E-state index contributed by atoms with van der Waals surface area (Å²) in [5, 5.41) is 27.9. The van der Waals surface area contributed by atoms with Crippen molar-refractivity contribution in [3.8, 4) is 0 Å². The van der Waals surface area contributed by atoms with Crippen molar-refractivity contribution in [3.05, 3.63) is 107 Å². The van der Waals surface area contributed by atoms with Gasteiger partial charge in [0.15, 0.2) is 0 Å². The Labute approximate surface area is 324 Å². The smallest absolute Gasteiger partial charge is 0.391 e. The molecule has 4 aromatic heterocycles. The van der Waals surface area contributed by atoms with Crippen LogP contribution >= 0.6 is 0 Å². The molecule has 0 bridgehead atoms. The molecule has 14 heteroatoms. The number of aliphatic hydroxyl groups excluding tert-OH is 2. The van der Waals surface area contributed by atoms with E-state index in [9.17, 15) is 36.6 Å². The number of hydrogen-bond donors (Lipinski definition) is 4. The fourth-order valence-electron chi connectivity index (χ4n) is 6.36. The molecule has 4 N–H and O–H groups in total. The lowest BCUT2D eigenvalue weighted by atomic mass is 10.0. The molecule has 0 saturated carbocycles. The molecule has 0 spiro atoms. The van der Waals surface area contributed by atoms with Crippen molar-refractivity contribution in [1.82, 2.24) is 19.1 Å². The Morgan fingerprint density at radius 1 is 0.589 bits per heavy atom. The highest BCUT2D eigenvalue weighted by Crippen LogP contribution is 2.37. The topological polar surface area (TPSA) is 100 Å². The van der Waals surface area contributed by atoms with Crippen LogP contribution in [0.25, 0.3) is 21.8 Å². The lowest BCUT2D eigenvalue weighted by molar-refractivity contribution is -0.138. The normalized spacial score (nSPS) is 12.7. The number of nitrogens with one attached hydrogen (secondary N) is 2. The van der Waals surface area contributed by atoms with Gasteiger partial charge in [-0.3, -0.25) is 0 Å². The van der Waals surface area contributed by atoms with E-state index >= 15 is 0 Å². The van der Waals surface area contributed by atoms with Gasteiger partial charge in [-0.2, -0.15) is 26.3 Å². The molecule has 304 valence electrons. The Morgan fingerprint density at radius 3 is 1.20 bits per heavy atom. The lowest BCUT2D eigenvalue weighted by Gasteiger charge is -2.16. The number of hydrogen-bond acceptors (Lipinski definition) is 6. The summed E-state index contributed by atoms with van der Waals surface area (Å²) in [6, 6.07) is 12.0. The number of rotatable bonds is 10. The molecule has 0 amide bonds. The molecule has 56 heavy (non-hydrogen) atoms. The molecule has 2 aromatic carbocycles. The summed E-state index contributed by atoms with van der Waals surface area (Å²) < 4.78 is 81.9. The van der Waals surface area contributed by atoms with E-state index in [0.29, 0.717) is 71.2 Å². The van der Waals surface area contributed by atoms with Crippen LogP contribution in [0.5, 0.6) is 0 Å². The molecular weight excluding hydrogens is 734 g/mol. The Morgan fingerprint density at radius 2 is 0.911 bits per heavy atom. The molecular formula is C42H52F6N6O2. The molecule has 0 saturated heterocycles. The largest absolute Gasteiger partial charge is 0.416 e. The van der Waals surface area contributed by atoms with Gasteiger partial charge in [0.1, 0.15) is 11.6 Å². The van der Waals surface area contributed by atoms with Crippen LogP contribution in [-0.4, -0.2) is 41.5 Å². The van der Waals surface area contributed by atoms with E-state index in [0.717, 1.165) is 46.1 Å². The van der Waals surface area contributed by atoms with Gasteiger partial charge in [-0.05, 0) is 111 Å². The summed E-state index contributed by atoms with van der Waals surface area (Å²) >= 11 is 0. The zero-order valence-corrected chi connectivity index (χ0v) is 30.9. The number of alkyl halides is 6. The quantitative estimate of drug-likeness (QED) is 0.103. The Kier molecular flexibility index (Phi) is 14.8. The third-order valence-corrected chi connectivity index (χ3v) is 9.36. The van der Waals surface area contributed by atoms with E-state index in [1.165, 1.54) is 0 Å². The van der Waals surface area contributed by atoms with E-state index in [1.807, 2.05) is 59.6 Å². The minimum atomic E-state index is -4.37. The first-order chi connectivity index (χ1) is 25.4. The highest BCUT2D eigenvalue weighted by atomic mass is 19.4. The zero-order valence-electron chi connectivity index (χ0n) is 30.9. The third-order valence-electron chi connectivity index (χ3n) is 9.36. The van der Waals surface area contributed by atoms with Gasteiger partial charge in [-0.25, -0.2) is 9.97 Å². The SMILES string of the molecule is C.C.CC[C@@H](O)Cn1ccc2c(Nc3c(C)cc(C(F)(F)F)cc3C)nccc21.CC[C@H](O)Cn1ccc2c(Nc3c(C)cc(C(F)(F)F)cc3C)nccc21. The van der Waals surface area contributed by atoms with Crippen molar-refractivity contribution in [2.24, 2.45) is 0 Å². The highest BCUT2D eigenvalue weighted by molar-refractivity contribution is 5.93. The van der Waals surface area contributed by atoms with Crippen molar-refractivity contribution in [3.63, 3.8) is 0 Å². The van der Waals surface area contributed by atoms with E-state index < -0.39 is 35.7 Å². The lowest BCUT2D eigenvalue weighted by Crippen LogP contribution is -2.13. The number of aromatic nitrogens is 4. The van der Waals surface area contributed by atoms with Crippen molar-refractivity contribution in [1.29, 1.82) is 0 Å². The highest BCUT2D eigenvalue weighted by Gasteiger charge is 2.32. The molecule has 0 unspecified atom stereocenters. The maximum Gasteiger partial charge on any atom is 0.416 e. The predicted molar refractivity (Wildman–Crippen MR) is 214 cm³/mol. The Bertz CT molecular complexity index is 2040. The van der Waals surface area contributed by atoms with E-state index in [1.54, 1.807) is 40.1 Å². The molecule has 6 rings (SSSR count). The van der Waals surface area contributed by atoms with E-state index in [2.05, 4.69) is 20.6 Å². The van der Waals surface area contributed by atoms with Crippen LogP contribution in [0.3, 0.4) is 0 Å². The van der Waals surface area contributed by atoms with Gasteiger partial charge in [0, 0.05) is 60.0 Å². The number of benzene rings is 2. The summed E-state index contributed by atoms with van der Waals surface area (Å²) in [6.07, 6.45) is -1.27. The van der Waals surface area contributed by atoms with Crippen LogP contribution in [0.1, 0.15) is 74.9 Å². The standard InChI is InChI=1S/2C20H22F3N3O.2CH4/c2*1-4-15(27)11-26-8-6-16-17(26)5-7-24-19(16)25-18-12(2)9-14(10-13(18)3)20(21,22)23;;/h2*5-10,15,27H,4,11H2,1-3H3,(H,24,25);2*1H4/t2*15-;;/m10../s1. The molecule has 2 atom stereocenters. The van der Waals surface area contributed by atoms with Gasteiger partial charge >= 0.3 is 12.4 Å². The van der Waals surface area contributed by atoms with Crippen molar-refractivity contribution in [2.45, 2.75) is 107 Å². The van der Waals surface area contributed by atoms with Crippen molar-refractivity contribution < 1.29 is 36.6 Å². The number of nitrogens with zero attached hydrogens (tertiary/aromatic N) is 4. The maximum atomic E-state index is 13.0. The maximum absolute atomic E-state index is 13.0. The second-order valence-electron chi connectivity index (χ2n) is 13.5. The summed E-state index contributed by atoms with van der Waals surface area (Å²) in [4.78, 5) is 8.72. The zero-order chi connectivity index (χ0) is 39.5. The average Bonchev–Trinajstić information content (AvgIpc) is 3.71. The van der Waals surface area contributed by atoms with Crippen LogP contribution in [0.4, 0.5) is 49.4 Å². The van der Waals surface area contributed by atoms with Gasteiger partial charge in [0.2, 0.25) is 0 Å². The van der Waals surface area contributed by atoms with Crippen LogP contribution in [0.2, 0.25) is 0 Å². The van der Waals surface area contributed by atoms with Gasteiger partial charge < -0.3 is 30.0 Å². The van der Waals surface area contributed by atoms with E-state index in [-0.39, 0.29) is 14.9 Å². The molecule has 0 aliphatic carbocycles. The predicted octanol–water partition coefficient (Wildman–Crippen LogP) is 11.6. The van der Waals surface area contributed by atoms with Gasteiger partial charge in [0.25, 0.3) is 0 Å². The van der Waals surface area contributed by atoms with Gasteiger partial charge in [-0.1, -0.05) is 28.7 Å². The number of anilines is 4. The van der Waals surface area contributed by atoms with Crippen molar-refractivity contribution in [2.75, 3.05) is 10.6 Å². The number of fused-ring (bicyclic) bond motifs is 2. The second-order valence-corrected chi connectivity index (χ2v) is 13.5. The average molecular weight is 787 g/mol. The molecule has 0 aliphatic rings. The number of aliphatic hydroxyl groups is 2. The van der Waals surface area contributed by atoms with Crippen LogP contribution in [0.15, 0.2) is 73.3 Å². The summed E-state index contributed by atoms with van der Waals surface area (Å²) in [7, 11) is 0. The number of aryl methyl sites for hydroxylation is 4. The molecule has 6 aromatic rings. The number of halogens is 6. The number of pyridine rings is 2. The van der Waals surface area contributed by atoms with Gasteiger partial charge in [-0.15, -0.1) is 0 Å². The Hall–Kier alpha value is -5.08. The third kappa shape index (κ3) is 10.2. The molecule has 0 radical (unpaired) electrons. The van der Waals surface area contributed by atoms with Crippen LogP contribution < -0.4 is 10.6 Å². The van der Waals surface area contributed by atoms with Crippen LogP contribution in [0, 0.1) is 27.7 Å². The first kappa shape index (κ1) is 45.3. The molecule has 4 heterocycles. The fraction of sp³-hybridized carbons (Fsp3) is 0.381. The van der Waals surface area contributed by atoms with Gasteiger partial charge in [0.05, 0.1) is 34.4 Å². The fourth-order valence-corrected chi connectivity index (χ4v) is 6.36. The minimum absolute atomic E-state index is 0. The van der Waals surface area contributed by atoms with Crippen molar-refractivity contribution >= 4 is 44.8 Å². The summed E-state index contributed by atoms with van der Waals surface area (Å²) in [6.45, 7) is 11.4. The first-order valence-electron chi connectivity index (χ1n) is 17.6. The van der Waals surface area contributed by atoms with E-state index in [4.69, 9.17) is 0 Å². The van der Waals surface area contributed by atoms with Crippen LogP contribution in [-0.2, 0) is 25.4 Å².